The normalized spacial score (nSPS) is 12.0. The van der Waals surface area contributed by atoms with Gasteiger partial charge in [0.25, 0.3) is 0 Å². The number of aliphatic imine (C=N–C) groups is 1. The SMILES string of the molecule is CC(=O)C(Cc1c(C)cc(C)cc1C)N=C(N)N. The number of nitrogens with two attached hydrogens (primary N) is 2. The zero-order valence-corrected chi connectivity index (χ0v) is 11.4. The van der Waals surface area contributed by atoms with Gasteiger partial charge in [-0.25, -0.2) is 4.99 Å². The van der Waals surface area contributed by atoms with Gasteiger partial charge in [-0.05, 0) is 44.4 Å². The van der Waals surface area contributed by atoms with E-state index in [1.165, 1.54) is 23.6 Å². The minimum atomic E-state index is -0.491. The lowest BCUT2D eigenvalue weighted by atomic mass is 9.93. The summed E-state index contributed by atoms with van der Waals surface area (Å²) in [6, 6.07) is 3.72. The molecule has 1 unspecified atom stereocenters. The third-order valence-electron chi connectivity index (χ3n) is 3.01. The van der Waals surface area contributed by atoms with Gasteiger partial charge in [0.05, 0.1) is 0 Å². The van der Waals surface area contributed by atoms with Gasteiger partial charge in [0.15, 0.2) is 11.7 Å². The molecule has 1 atom stereocenters. The second-order valence-electron chi connectivity index (χ2n) is 4.76. The molecule has 98 valence electrons. The Labute approximate surface area is 108 Å². The molecule has 0 heterocycles. The summed E-state index contributed by atoms with van der Waals surface area (Å²) in [5, 5.41) is 0. The summed E-state index contributed by atoms with van der Waals surface area (Å²) in [6.45, 7) is 7.66. The van der Waals surface area contributed by atoms with Crippen molar-refractivity contribution in [1.29, 1.82) is 0 Å². The maximum Gasteiger partial charge on any atom is 0.186 e. The van der Waals surface area contributed by atoms with Crippen molar-refractivity contribution in [3.63, 3.8) is 0 Å². The van der Waals surface area contributed by atoms with E-state index in [0.717, 1.165) is 5.56 Å². The zero-order valence-electron chi connectivity index (χ0n) is 11.4. The Hall–Kier alpha value is -1.84. The molecule has 0 bridgehead atoms. The van der Waals surface area contributed by atoms with Crippen molar-refractivity contribution < 1.29 is 4.79 Å². The monoisotopic (exact) mass is 247 g/mol. The van der Waals surface area contributed by atoms with Crippen LogP contribution in [0, 0.1) is 20.8 Å². The lowest BCUT2D eigenvalue weighted by molar-refractivity contribution is -0.118. The highest BCUT2D eigenvalue weighted by molar-refractivity contribution is 5.86. The van der Waals surface area contributed by atoms with Gasteiger partial charge < -0.3 is 11.5 Å². The topological polar surface area (TPSA) is 81.5 Å². The maximum atomic E-state index is 11.6. The molecule has 0 spiro atoms. The molecule has 0 radical (unpaired) electrons. The van der Waals surface area contributed by atoms with Crippen LogP contribution in [0.25, 0.3) is 0 Å². The molecule has 1 aromatic rings. The van der Waals surface area contributed by atoms with Crippen LogP contribution in [0.4, 0.5) is 0 Å². The largest absolute Gasteiger partial charge is 0.370 e. The summed E-state index contributed by atoms with van der Waals surface area (Å²) in [7, 11) is 0. The van der Waals surface area contributed by atoms with Crippen molar-refractivity contribution in [3.8, 4) is 0 Å². The molecular formula is C14H21N3O. The zero-order chi connectivity index (χ0) is 13.9. The number of benzene rings is 1. The van der Waals surface area contributed by atoms with E-state index in [1.807, 2.05) is 13.8 Å². The third-order valence-corrected chi connectivity index (χ3v) is 3.01. The van der Waals surface area contributed by atoms with Crippen molar-refractivity contribution in [2.24, 2.45) is 16.5 Å². The summed E-state index contributed by atoms with van der Waals surface area (Å²) in [5.41, 5.74) is 15.4. The first-order valence-corrected chi connectivity index (χ1v) is 5.97. The fourth-order valence-corrected chi connectivity index (χ4v) is 2.19. The number of nitrogens with zero attached hydrogens (tertiary/aromatic N) is 1. The average molecular weight is 247 g/mol. The van der Waals surface area contributed by atoms with Gasteiger partial charge in [0.1, 0.15) is 6.04 Å². The Kier molecular flexibility index (Phi) is 4.48. The quantitative estimate of drug-likeness (QED) is 0.623. The molecule has 4 heteroatoms. The molecular weight excluding hydrogens is 226 g/mol. The third kappa shape index (κ3) is 3.58. The molecule has 0 aliphatic heterocycles. The molecule has 0 saturated carbocycles. The molecule has 0 fully saturated rings. The first-order valence-electron chi connectivity index (χ1n) is 5.97. The molecule has 0 amide bonds. The Bertz CT molecular complexity index is 465. The lowest BCUT2D eigenvalue weighted by Crippen LogP contribution is -2.29. The molecule has 4 N–H and O–H groups in total. The van der Waals surface area contributed by atoms with E-state index in [2.05, 4.69) is 24.0 Å². The van der Waals surface area contributed by atoms with E-state index in [1.54, 1.807) is 0 Å². The van der Waals surface area contributed by atoms with Crippen molar-refractivity contribution in [2.45, 2.75) is 40.2 Å². The highest BCUT2D eigenvalue weighted by Crippen LogP contribution is 2.19. The van der Waals surface area contributed by atoms with E-state index in [0.29, 0.717) is 6.42 Å². The van der Waals surface area contributed by atoms with Gasteiger partial charge in [-0.1, -0.05) is 17.7 Å². The standard InChI is InChI=1S/C14H21N3O/c1-8-5-9(2)12(10(3)6-8)7-13(11(4)18)17-14(15)16/h5-6,13H,7H2,1-4H3,(H4,15,16,17). The van der Waals surface area contributed by atoms with E-state index < -0.39 is 6.04 Å². The van der Waals surface area contributed by atoms with Crippen LogP contribution >= 0.6 is 0 Å². The summed E-state index contributed by atoms with van der Waals surface area (Å²) in [6.07, 6.45) is 0.547. The number of rotatable bonds is 4. The number of ketones is 1. The van der Waals surface area contributed by atoms with Crippen LogP contribution in [-0.2, 0) is 11.2 Å². The summed E-state index contributed by atoms with van der Waals surface area (Å²) < 4.78 is 0. The van der Waals surface area contributed by atoms with Gasteiger partial charge in [-0.2, -0.15) is 0 Å². The van der Waals surface area contributed by atoms with Gasteiger partial charge in [0, 0.05) is 6.42 Å². The number of carbonyl (C=O) groups excluding carboxylic acids is 1. The predicted molar refractivity (Wildman–Crippen MR) is 74.6 cm³/mol. The molecule has 1 rings (SSSR count). The van der Waals surface area contributed by atoms with Crippen LogP contribution in [-0.4, -0.2) is 17.8 Å². The highest BCUT2D eigenvalue weighted by atomic mass is 16.1. The van der Waals surface area contributed by atoms with Gasteiger partial charge in [-0.15, -0.1) is 0 Å². The van der Waals surface area contributed by atoms with Crippen LogP contribution in [0.1, 0.15) is 29.2 Å². The van der Waals surface area contributed by atoms with Crippen molar-refractivity contribution >= 4 is 11.7 Å². The molecule has 0 saturated heterocycles. The first kappa shape index (κ1) is 14.2. The van der Waals surface area contributed by atoms with Gasteiger partial charge in [-0.3, -0.25) is 4.79 Å². The summed E-state index contributed by atoms with van der Waals surface area (Å²) in [5.74, 6) is -0.0691. The average Bonchev–Trinajstić information content (AvgIpc) is 2.20. The maximum absolute atomic E-state index is 11.6. The minimum Gasteiger partial charge on any atom is -0.370 e. The molecule has 18 heavy (non-hydrogen) atoms. The Morgan fingerprint density at radius 2 is 1.72 bits per heavy atom. The highest BCUT2D eigenvalue weighted by Gasteiger charge is 2.16. The van der Waals surface area contributed by atoms with E-state index in [-0.39, 0.29) is 11.7 Å². The van der Waals surface area contributed by atoms with Crippen LogP contribution in [0.5, 0.6) is 0 Å². The predicted octanol–water partition coefficient (Wildman–Crippen LogP) is 1.39. The summed E-state index contributed by atoms with van der Waals surface area (Å²) in [4.78, 5) is 15.6. The Morgan fingerprint density at radius 1 is 1.22 bits per heavy atom. The Balaban J connectivity index is 3.09. The smallest absolute Gasteiger partial charge is 0.186 e. The van der Waals surface area contributed by atoms with E-state index >= 15 is 0 Å². The fraction of sp³-hybridized carbons (Fsp3) is 0.429. The number of guanidine groups is 1. The number of hydrogen-bond donors (Lipinski definition) is 2. The molecule has 1 aromatic carbocycles. The number of aryl methyl sites for hydroxylation is 3. The summed E-state index contributed by atoms with van der Waals surface area (Å²) >= 11 is 0. The Morgan fingerprint density at radius 3 is 2.11 bits per heavy atom. The second-order valence-corrected chi connectivity index (χ2v) is 4.76. The molecule has 0 aliphatic rings. The minimum absolute atomic E-state index is 0.0252. The lowest BCUT2D eigenvalue weighted by Gasteiger charge is -2.15. The van der Waals surface area contributed by atoms with Crippen LogP contribution in [0.3, 0.4) is 0 Å². The number of carbonyl (C=O) groups is 1. The first-order chi connectivity index (χ1) is 8.31. The van der Waals surface area contributed by atoms with Crippen LogP contribution < -0.4 is 11.5 Å². The van der Waals surface area contributed by atoms with Gasteiger partial charge >= 0.3 is 0 Å². The van der Waals surface area contributed by atoms with Crippen molar-refractivity contribution in [2.75, 3.05) is 0 Å². The second kappa shape index (κ2) is 5.67. The molecule has 0 aliphatic carbocycles. The van der Waals surface area contributed by atoms with E-state index in [4.69, 9.17) is 11.5 Å². The molecule has 0 aromatic heterocycles. The van der Waals surface area contributed by atoms with Crippen LogP contribution in [0.2, 0.25) is 0 Å². The van der Waals surface area contributed by atoms with Gasteiger partial charge in [0.2, 0.25) is 0 Å². The fourth-order valence-electron chi connectivity index (χ4n) is 2.19. The number of Topliss-reactive ketones (excluding diaryl/α,β-unsaturated/α-hetero) is 1. The van der Waals surface area contributed by atoms with Crippen molar-refractivity contribution in [1.82, 2.24) is 0 Å². The van der Waals surface area contributed by atoms with Crippen molar-refractivity contribution in [3.05, 3.63) is 34.4 Å². The van der Waals surface area contributed by atoms with E-state index in [9.17, 15) is 4.79 Å². The van der Waals surface area contributed by atoms with Crippen LogP contribution in [0.15, 0.2) is 17.1 Å². The number of hydrogen-bond acceptors (Lipinski definition) is 2. The molecule has 4 nitrogen and oxygen atoms in total.